The molecule has 7 heteroatoms. The molecule has 1 aromatic carbocycles. The van der Waals surface area contributed by atoms with E-state index in [1.807, 2.05) is 0 Å². The fourth-order valence-electron chi connectivity index (χ4n) is 1.73. The van der Waals surface area contributed by atoms with Crippen molar-refractivity contribution in [2.24, 2.45) is 5.41 Å². The predicted molar refractivity (Wildman–Crippen MR) is 94.3 cm³/mol. The first-order valence-electron chi connectivity index (χ1n) is 7.68. The summed E-state index contributed by atoms with van der Waals surface area (Å²) >= 11 is 0. The van der Waals surface area contributed by atoms with Gasteiger partial charge in [0, 0.05) is 0 Å². The molecule has 0 spiro atoms. The maximum absolute atomic E-state index is 12.3. The Morgan fingerprint density at radius 3 is 2.04 bits per heavy atom. The molecule has 138 valence electrons. The Morgan fingerprint density at radius 1 is 1.12 bits per heavy atom. The molecule has 6 nitrogen and oxygen atoms in total. The smallest absolute Gasteiger partial charge is 0.322 e. The van der Waals surface area contributed by atoms with Gasteiger partial charge in [-0.2, -0.15) is 8.42 Å². The van der Waals surface area contributed by atoms with Crippen molar-refractivity contribution in [1.29, 1.82) is 0 Å². The number of carbonyl (C=O) groups is 2. The summed E-state index contributed by atoms with van der Waals surface area (Å²) in [6.45, 7) is 10.4. The summed E-state index contributed by atoms with van der Waals surface area (Å²) in [5, 5.41) is 0. The van der Waals surface area contributed by atoms with Crippen molar-refractivity contribution in [1.82, 2.24) is 0 Å². The molecule has 1 rings (SSSR count). The minimum absolute atomic E-state index is 0.0757. The predicted octanol–water partition coefficient (Wildman–Crippen LogP) is 2.97. The minimum atomic E-state index is -4.12. The first-order valence-corrected chi connectivity index (χ1v) is 9.09. The van der Waals surface area contributed by atoms with Crippen molar-refractivity contribution < 1.29 is 26.9 Å². The third-order valence-corrected chi connectivity index (χ3v) is 4.81. The van der Waals surface area contributed by atoms with Crippen LogP contribution in [-0.4, -0.2) is 32.4 Å². The number of esters is 1. The van der Waals surface area contributed by atoms with E-state index in [4.69, 9.17) is 8.92 Å². The van der Waals surface area contributed by atoms with Gasteiger partial charge >= 0.3 is 5.97 Å². The Morgan fingerprint density at radius 2 is 1.64 bits per heavy atom. The van der Waals surface area contributed by atoms with Gasteiger partial charge in [-0.05, 0) is 52.3 Å². The van der Waals surface area contributed by atoms with Crippen LogP contribution in [0.5, 0.6) is 0 Å². The van der Waals surface area contributed by atoms with E-state index < -0.39 is 39.5 Å². The monoisotopic (exact) mass is 368 g/mol. The van der Waals surface area contributed by atoms with Crippen LogP contribution in [0.15, 0.2) is 35.7 Å². The van der Waals surface area contributed by atoms with Gasteiger partial charge in [0.15, 0.2) is 0 Å². The van der Waals surface area contributed by atoms with E-state index in [0.29, 0.717) is 0 Å². The number of benzene rings is 1. The van der Waals surface area contributed by atoms with E-state index in [2.05, 4.69) is 6.58 Å². The average Bonchev–Trinajstić information content (AvgIpc) is 2.50. The molecule has 0 saturated carbocycles. The molecule has 0 aromatic heterocycles. The van der Waals surface area contributed by atoms with E-state index in [1.54, 1.807) is 39.0 Å². The Kier molecular flexibility index (Phi) is 6.31. The summed E-state index contributed by atoms with van der Waals surface area (Å²) in [4.78, 5) is 24.2. The van der Waals surface area contributed by atoms with Gasteiger partial charge in [-0.25, -0.2) is 0 Å². The fraction of sp³-hybridized carbons (Fsp3) is 0.444. The second kappa shape index (κ2) is 7.49. The molecule has 0 amide bonds. The lowest BCUT2D eigenvalue weighted by atomic mass is 9.87. The van der Waals surface area contributed by atoms with Gasteiger partial charge < -0.3 is 4.74 Å². The minimum Gasteiger partial charge on any atom is -0.459 e. The molecule has 1 unspecified atom stereocenters. The second-order valence-corrected chi connectivity index (χ2v) is 8.50. The van der Waals surface area contributed by atoms with Crippen LogP contribution in [0, 0.1) is 5.41 Å². The molecular formula is C18H24O6S. The van der Waals surface area contributed by atoms with Crippen molar-refractivity contribution in [2.45, 2.75) is 45.1 Å². The molecule has 0 fully saturated rings. The highest BCUT2D eigenvalue weighted by molar-refractivity contribution is 7.86. The average molecular weight is 368 g/mol. The number of Topliss-reactive ketones (excluding diaryl/α,β-unsaturated/α-hetero) is 1. The molecular weight excluding hydrogens is 344 g/mol. The van der Waals surface area contributed by atoms with Crippen LogP contribution >= 0.6 is 0 Å². The van der Waals surface area contributed by atoms with Gasteiger partial charge in [0.25, 0.3) is 10.1 Å². The zero-order valence-electron chi connectivity index (χ0n) is 15.2. The van der Waals surface area contributed by atoms with Crippen molar-refractivity contribution >= 4 is 27.9 Å². The summed E-state index contributed by atoms with van der Waals surface area (Å²) in [6, 6.07) is 5.87. The molecule has 0 saturated heterocycles. The van der Waals surface area contributed by atoms with E-state index in [1.165, 1.54) is 26.0 Å². The Balaban J connectivity index is 3.01. The van der Waals surface area contributed by atoms with Crippen LogP contribution in [0.4, 0.5) is 0 Å². The van der Waals surface area contributed by atoms with Gasteiger partial charge in [-0.1, -0.05) is 24.8 Å². The lowest BCUT2D eigenvalue weighted by molar-refractivity contribution is -0.170. The van der Waals surface area contributed by atoms with Gasteiger partial charge in [0.05, 0.1) is 11.5 Å². The zero-order chi connectivity index (χ0) is 19.5. The van der Waals surface area contributed by atoms with Crippen LogP contribution < -0.4 is 0 Å². The number of ketones is 1. The lowest BCUT2D eigenvalue weighted by Crippen LogP contribution is -2.44. The quantitative estimate of drug-likeness (QED) is 0.418. The standard InChI is InChI=1S/C18H24O6S/c1-7-14-8-10-15(11-9-14)25(21,22)23-12-18(6,13(2)19)16(20)24-17(3,4)5/h7-11H,1,12H2,2-6H3. The maximum atomic E-state index is 12.3. The molecule has 0 N–H and O–H groups in total. The van der Waals surface area contributed by atoms with E-state index >= 15 is 0 Å². The largest absolute Gasteiger partial charge is 0.459 e. The maximum Gasteiger partial charge on any atom is 0.322 e. The zero-order valence-corrected chi connectivity index (χ0v) is 16.0. The first kappa shape index (κ1) is 21.1. The van der Waals surface area contributed by atoms with E-state index in [-0.39, 0.29) is 4.90 Å². The van der Waals surface area contributed by atoms with Crippen molar-refractivity contribution in [3.05, 3.63) is 36.4 Å². The van der Waals surface area contributed by atoms with Crippen LogP contribution in [0.3, 0.4) is 0 Å². The topological polar surface area (TPSA) is 86.7 Å². The molecule has 0 bridgehead atoms. The Labute approximate surface area is 149 Å². The number of hydrogen-bond acceptors (Lipinski definition) is 6. The number of rotatable bonds is 7. The van der Waals surface area contributed by atoms with Crippen LogP contribution in [0.1, 0.15) is 40.2 Å². The van der Waals surface area contributed by atoms with Crippen molar-refractivity contribution in [2.75, 3.05) is 6.61 Å². The van der Waals surface area contributed by atoms with E-state index in [0.717, 1.165) is 5.56 Å². The Hall–Kier alpha value is -1.99. The van der Waals surface area contributed by atoms with Gasteiger partial charge in [-0.15, -0.1) is 0 Å². The van der Waals surface area contributed by atoms with Gasteiger partial charge in [-0.3, -0.25) is 13.8 Å². The van der Waals surface area contributed by atoms with E-state index in [9.17, 15) is 18.0 Å². The molecule has 25 heavy (non-hydrogen) atoms. The highest BCUT2D eigenvalue weighted by atomic mass is 32.2. The fourth-order valence-corrected chi connectivity index (χ4v) is 2.73. The van der Waals surface area contributed by atoms with Crippen molar-refractivity contribution in [3.8, 4) is 0 Å². The number of hydrogen-bond donors (Lipinski definition) is 0. The molecule has 0 aliphatic rings. The highest BCUT2D eigenvalue weighted by Crippen LogP contribution is 2.26. The van der Waals surface area contributed by atoms with Crippen molar-refractivity contribution in [3.63, 3.8) is 0 Å². The molecule has 1 aromatic rings. The normalized spacial score (nSPS) is 14.4. The molecule has 0 aliphatic heterocycles. The lowest BCUT2D eigenvalue weighted by Gasteiger charge is -2.29. The van der Waals surface area contributed by atoms with Crippen LogP contribution in [0.25, 0.3) is 6.08 Å². The van der Waals surface area contributed by atoms with Crippen LogP contribution in [0.2, 0.25) is 0 Å². The SMILES string of the molecule is C=Cc1ccc(S(=O)(=O)OCC(C)(C(C)=O)C(=O)OC(C)(C)C)cc1. The summed E-state index contributed by atoms with van der Waals surface area (Å²) < 4.78 is 34.8. The molecule has 0 heterocycles. The summed E-state index contributed by atoms with van der Waals surface area (Å²) in [5.41, 5.74) is -1.78. The first-order chi connectivity index (χ1) is 11.3. The number of ether oxygens (including phenoxy) is 1. The molecule has 0 radical (unpaired) electrons. The third kappa shape index (κ3) is 5.51. The summed E-state index contributed by atoms with van der Waals surface area (Å²) in [5.74, 6) is -1.37. The second-order valence-electron chi connectivity index (χ2n) is 6.88. The molecule has 0 aliphatic carbocycles. The molecule has 1 atom stereocenters. The third-order valence-electron chi connectivity index (χ3n) is 3.53. The summed E-state index contributed by atoms with van der Waals surface area (Å²) in [6.07, 6.45) is 1.58. The number of carbonyl (C=O) groups excluding carboxylic acids is 2. The Bertz CT molecular complexity index is 756. The van der Waals surface area contributed by atoms with Gasteiger partial charge in [0.2, 0.25) is 0 Å². The summed E-state index contributed by atoms with van der Waals surface area (Å²) in [7, 11) is -4.12. The van der Waals surface area contributed by atoms with Gasteiger partial charge in [0.1, 0.15) is 16.8 Å². The van der Waals surface area contributed by atoms with Crippen LogP contribution in [-0.2, 0) is 28.6 Å². The highest BCUT2D eigenvalue weighted by Gasteiger charge is 2.43.